The van der Waals surface area contributed by atoms with Gasteiger partial charge in [0.15, 0.2) is 0 Å². The van der Waals surface area contributed by atoms with Gasteiger partial charge in [-0.15, -0.1) is 0 Å². The molecule has 0 atom stereocenters. The fourth-order valence-electron chi connectivity index (χ4n) is 2.77. The number of nitrogens with one attached hydrogen (secondary N) is 2. The number of aryl methyl sites for hydroxylation is 2. The minimum absolute atomic E-state index is 0.208. The number of carbonyl (C=O) groups is 1. The first-order valence-corrected chi connectivity index (χ1v) is 7.96. The second-order valence-electron chi connectivity index (χ2n) is 5.87. The molecule has 1 amide bonds. The lowest BCUT2D eigenvalue weighted by molar-refractivity contribution is 0.0946. The van der Waals surface area contributed by atoms with Crippen LogP contribution in [0.15, 0.2) is 30.3 Å². The highest BCUT2D eigenvalue weighted by Gasteiger charge is 2.17. The molecule has 0 aliphatic carbocycles. The average molecular weight is 339 g/mol. The van der Waals surface area contributed by atoms with Crippen LogP contribution in [0, 0.1) is 13.8 Å². The van der Waals surface area contributed by atoms with Crippen LogP contribution in [-0.2, 0) is 13.6 Å². The van der Waals surface area contributed by atoms with Gasteiger partial charge in [0.05, 0.1) is 18.5 Å². The molecule has 0 aliphatic rings. The van der Waals surface area contributed by atoms with Crippen molar-refractivity contribution < 1.29 is 9.53 Å². The summed E-state index contributed by atoms with van der Waals surface area (Å²) in [5, 5.41) is 14.3. The number of nitrogens with zero attached hydrogens (tertiary/aromatic N) is 3. The SMILES string of the molecule is COc1cccc(CNC(=O)c2cc(-c3c(C)nn(C)c3C)n[nH]2)c1. The fourth-order valence-corrected chi connectivity index (χ4v) is 2.77. The van der Waals surface area contributed by atoms with Crippen molar-refractivity contribution in [1.29, 1.82) is 0 Å². The van der Waals surface area contributed by atoms with Gasteiger partial charge < -0.3 is 10.1 Å². The maximum absolute atomic E-state index is 12.4. The molecule has 1 aromatic carbocycles. The normalized spacial score (nSPS) is 10.7. The number of amides is 1. The largest absolute Gasteiger partial charge is 0.497 e. The number of carbonyl (C=O) groups excluding carboxylic acids is 1. The van der Waals surface area contributed by atoms with Crippen LogP contribution in [0.4, 0.5) is 0 Å². The second kappa shape index (κ2) is 6.80. The summed E-state index contributed by atoms with van der Waals surface area (Å²) >= 11 is 0. The number of H-pyrrole nitrogens is 1. The van der Waals surface area contributed by atoms with E-state index >= 15 is 0 Å². The third-order valence-corrected chi connectivity index (χ3v) is 4.17. The molecule has 3 aromatic rings. The van der Waals surface area contributed by atoms with Crippen LogP contribution in [0.3, 0.4) is 0 Å². The molecule has 0 saturated carbocycles. The maximum Gasteiger partial charge on any atom is 0.269 e. The van der Waals surface area contributed by atoms with Crippen LogP contribution in [-0.4, -0.2) is 33.0 Å². The van der Waals surface area contributed by atoms with E-state index in [-0.39, 0.29) is 5.91 Å². The molecule has 7 heteroatoms. The minimum Gasteiger partial charge on any atom is -0.497 e. The standard InChI is InChI=1S/C18H21N5O2/c1-11-17(12(2)23(3)22-11)15-9-16(21-20-15)18(24)19-10-13-6-5-7-14(8-13)25-4/h5-9H,10H2,1-4H3,(H,19,24)(H,20,21). The Labute approximate surface area is 146 Å². The summed E-state index contributed by atoms with van der Waals surface area (Å²) in [7, 11) is 3.51. The van der Waals surface area contributed by atoms with E-state index in [1.165, 1.54) is 0 Å². The lowest BCUT2D eigenvalue weighted by Gasteiger charge is -2.05. The number of hydrogen-bond donors (Lipinski definition) is 2. The van der Waals surface area contributed by atoms with E-state index in [1.54, 1.807) is 13.2 Å². The van der Waals surface area contributed by atoms with Crippen LogP contribution < -0.4 is 10.1 Å². The molecule has 0 saturated heterocycles. The van der Waals surface area contributed by atoms with Crippen LogP contribution in [0.2, 0.25) is 0 Å². The van der Waals surface area contributed by atoms with Gasteiger partial charge in [0.2, 0.25) is 0 Å². The molecule has 2 N–H and O–H groups in total. The first-order chi connectivity index (χ1) is 12.0. The first-order valence-electron chi connectivity index (χ1n) is 7.96. The highest BCUT2D eigenvalue weighted by molar-refractivity contribution is 5.93. The number of hydrogen-bond acceptors (Lipinski definition) is 4. The van der Waals surface area contributed by atoms with Gasteiger partial charge >= 0.3 is 0 Å². The fraction of sp³-hybridized carbons (Fsp3) is 0.278. The van der Waals surface area contributed by atoms with Gasteiger partial charge in [-0.05, 0) is 37.6 Å². The van der Waals surface area contributed by atoms with E-state index in [9.17, 15) is 4.79 Å². The van der Waals surface area contributed by atoms with Crippen molar-refractivity contribution in [2.24, 2.45) is 7.05 Å². The highest BCUT2D eigenvalue weighted by Crippen LogP contribution is 2.25. The second-order valence-corrected chi connectivity index (χ2v) is 5.87. The Hall–Kier alpha value is -3.09. The van der Waals surface area contributed by atoms with Crippen molar-refractivity contribution in [3.63, 3.8) is 0 Å². The van der Waals surface area contributed by atoms with Crippen LogP contribution in [0.5, 0.6) is 5.75 Å². The van der Waals surface area contributed by atoms with Gasteiger partial charge in [-0.25, -0.2) is 0 Å². The van der Waals surface area contributed by atoms with Crippen molar-refractivity contribution in [2.45, 2.75) is 20.4 Å². The van der Waals surface area contributed by atoms with E-state index in [1.807, 2.05) is 49.8 Å². The van der Waals surface area contributed by atoms with Crippen LogP contribution >= 0.6 is 0 Å². The van der Waals surface area contributed by atoms with E-state index in [0.717, 1.165) is 34.0 Å². The topological polar surface area (TPSA) is 84.8 Å². The Morgan fingerprint density at radius 2 is 2.12 bits per heavy atom. The number of benzene rings is 1. The molecule has 25 heavy (non-hydrogen) atoms. The molecule has 0 aliphatic heterocycles. The summed E-state index contributed by atoms with van der Waals surface area (Å²) in [5.74, 6) is 0.555. The van der Waals surface area contributed by atoms with E-state index < -0.39 is 0 Å². The molecule has 2 heterocycles. The van der Waals surface area contributed by atoms with Gasteiger partial charge in [-0.3, -0.25) is 14.6 Å². The summed E-state index contributed by atoms with van der Waals surface area (Å²) in [5.41, 5.74) is 4.94. The summed E-state index contributed by atoms with van der Waals surface area (Å²) in [6.45, 7) is 4.32. The van der Waals surface area contributed by atoms with E-state index in [4.69, 9.17) is 4.74 Å². The lowest BCUT2D eigenvalue weighted by Crippen LogP contribution is -2.23. The quantitative estimate of drug-likeness (QED) is 0.747. The third-order valence-electron chi connectivity index (χ3n) is 4.17. The van der Waals surface area contributed by atoms with Crippen molar-refractivity contribution >= 4 is 5.91 Å². The monoisotopic (exact) mass is 339 g/mol. The van der Waals surface area contributed by atoms with Crippen LogP contribution in [0.25, 0.3) is 11.3 Å². The molecule has 2 aromatic heterocycles. The number of aromatic nitrogens is 4. The molecule has 3 rings (SSSR count). The summed E-state index contributed by atoms with van der Waals surface area (Å²) in [6, 6.07) is 9.33. The molecule has 130 valence electrons. The zero-order chi connectivity index (χ0) is 18.0. The zero-order valence-electron chi connectivity index (χ0n) is 14.8. The Balaban J connectivity index is 1.72. The predicted octanol–water partition coefficient (Wildman–Crippen LogP) is 2.37. The number of ether oxygens (including phenoxy) is 1. The van der Waals surface area contributed by atoms with Gasteiger partial charge in [-0.2, -0.15) is 10.2 Å². The molecule has 7 nitrogen and oxygen atoms in total. The van der Waals surface area contributed by atoms with E-state index in [2.05, 4.69) is 20.6 Å². The summed E-state index contributed by atoms with van der Waals surface area (Å²) < 4.78 is 6.99. The van der Waals surface area contributed by atoms with Gasteiger partial charge in [-0.1, -0.05) is 12.1 Å². The molecule has 0 unspecified atom stereocenters. The van der Waals surface area contributed by atoms with Crippen molar-refractivity contribution in [3.8, 4) is 17.0 Å². The van der Waals surface area contributed by atoms with Crippen molar-refractivity contribution in [2.75, 3.05) is 7.11 Å². The Morgan fingerprint density at radius 3 is 2.80 bits per heavy atom. The molecule has 0 fully saturated rings. The van der Waals surface area contributed by atoms with Gasteiger partial charge in [0.1, 0.15) is 11.4 Å². The van der Waals surface area contributed by atoms with Gasteiger partial charge in [0.25, 0.3) is 5.91 Å². The van der Waals surface area contributed by atoms with Crippen molar-refractivity contribution in [3.05, 3.63) is 53.0 Å². The smallest absolute Gasteiger partial charge is 0.269 e. The lowest BCUT2D eigenvalue weighted by atomic mass is 10.1. The predicted molar refractivity (Wildman–Crippen MR) is 94.4 cm³/mol. The highest BCUT2D eigenvalue weighted by atomic mass is 16.5. The number of rotatable bonds is 5. The molecule has 0 bridgehead atoms. The zero-order valence-corrected chi connectivity index (χ0v) is 14.8. The number of aromatic amines is 1. The Morgan fingerprint density at radius 1 is 1.32 bits per heavy atom. The summed E-state index contributed by atoms with van der Waals surface area (Å²) in [4.78, 5) is 12.4. The minimum atomic E-state index is -0.208. The molecule has 0 spiro atoms. The Bertz CT molecular complexity index is 910. The molecular weight excluding hydrogens is 318 g/mol. The van der Waals surface area contributed by atoms with Gasteiger partial charge in [0, 0.05) is 24.8 Å². The third kappa shape index (κ3) is 3.40. The summed E-state index contributed by atoms with van der Waals surface area (Å²) in [6.07, 6.45) is 0. The first kappa shape index (κ1) is 16.8. The molecular formula is C18H21N5O2. The van der Waals surface area contributed by atoms with Crippen LogP contribution in [0.1, 0.15) is 27.4 Å². The molecule has 0 radical (unpaired) electrons. The average Bonchev–Trinajstić information content (AvgIpc) is 3.18. The number of methoxy groups -OCH3 is 1. The van der Waals surface area contributed by atoms with E-state index in [0.29, 0.717) is 12.2 Å². The maximum atomic E-state index is 12.4. The Kier molecular flexibility index (Phi) is 4.56. The van der Waals surface area contributed by atoms with Crippen molar-refractivity contribution in [1.82, 2.24) is 25.3 Å².